The molecule has 1 aliphatic rings. The van der Waals surface area contributed by atoms with Crippen LogP contribution in [0.2, 0.25) is 0 Å². The van der Waals surface area contributed by atoms with E-state index in [1.165, 1.54) is 24.2 Å². The van der Waals surface area contributed by atoms with E-state index in [0.29, 0.717) is 6.04 Å². The van der Waals surface area contributed by atoms with Gasteiger partial charge in [0.2, 0.25) is 0 Å². The Morgan fingerprint density at radius 2 is 2.29 bits per heavy atom. The highest BCUT2D eigenvalue weighted by atomic mass is 32.2. The van der Waals surface area contributed by atoms with Gasteiger partial charge in [0.15, 0.2) is 0 Å². The van der Waals surface area contributed by atoms with Gasteiger partial charge < -0.3 is 5.32 Å². The average molecular weight is 253 g/mol. The summed E-state index contributed by atoms with van der Waals surface area (Å²) in [6.45, 7) is 1.04. The molecule has 1 N–H and O–H groups in total. The second-order valence-electron chi connectivity index (χ2n) is 4.55. The van der Waals surface area contributed by atoms with Gasteiger partial charge in [-0.25, -0.2) is 4.39 Å². The van der Waals surface area contributed by atoms with Crippen molar-refractivity contribution < 1.29 is 4.39 Å². The quantitative estimate of drug-likeness (QED) is 0.778. The maximum absolute atomic E-state index is 13.5. The number of benzene rings is 1. The van der Waals surface area contributed by atoms with E-state index in [0.717, 1.165) is 24.9 Å². The number of rotatable bonds is 6. The van der Waals surface area contributed by atoms with Crippen LogP contribution in [0.3, 0.4) is 0 Å². The molecule has 0 bridgehead atoms. The molecule has 0 saturated carbocycles. The van der Waals surface area contributed by atoms with Gasteiger partial charge in [0.05, 0.1) is 0 Å². The third-order valence-corrected chi connectivity index (χ3v) is 4.08. The molecule has 0 amide bonds. The van der Waals surface area contributed by atoms with Crippen molar-refractivity contribution >= 4 is 11.8 Å². The minimum atomic E-state index is -0.0332. The first kappa shape index (κ1) is 12.9. The molecule has 1 nitrogen and oxygen atoms in total. The van der Waals surface area contributed by atoms with Crippen LogP contribution < -0.4 is 5.32 Å². The fraction of sp³-hybridized carbons (Fsp3) is 0.571. The van der Waals surface area contributed by atoms with Crippen LogP contribution in [0.5, 0.6) is 0 Å². The summed E-state index contributed by atoms with van der Waals surface area (Å²) in [4.78, 5) is 0. The lowest BCUT2D eigenvalue weighted by Crippen LogP contribution is -2.20. The zero-order valence-corrected chi connectivity index (χ0v) is 11.2. The zero-order chi connectivity index (χ0) is 12.1. The van der Waals surface area contributed by atoms with Crippen LogP contribution in [0.25, 0.3) is 0 Å². The highest BCUT2D eigenvalue weighted by Crippen LogP contribution is 2.32. The van der Waals surface area contributed by atoms with E-state index in [1.54, 1.807) is 6.07 Å². The molecular weight excluding hydrogens is 233 g/mol. The molecule has 0 spiro atoms. The van der Waals surface area contributed by atoms with Gasteiger partial charge >= 0.3 is 0 Å². The molecule has 0 radical (unpaired) electrons. The summed E-state index contributed by atoms with van der Waals surface area (Å²) < 4.78 is 13.5. The van der Waals surface area contributed by atoms with Gasteiger partial charge in [0.1, 0.15) is 5.82 Å². The van der Waals surface area contributed by atoms with Crippen LogP contribution in [-0.2, 0) is 6.42 Å². The lowest BCUT2D eigenvalue weighted by Gasteiger charge is -2.13. The Labute approximate surface area is 107 Å². The van der Waals surface area contributed by atoms with Crippen LogP contribution in [-0.4, -0.2) is 18.6 Å². The Balaban J connectivity index is 1.83. The predicted octanol–water partition coefficient (Wildman–Crippen LogP) is 3.55. The second-order valence-corrected chi connectivity index (χ2v) is 5.54. The molecule has 0 heterocycles. The van der Waals surface area contributed by atoms with Gasteiger partial charge in [-0.1, -0.05) is 12.1 Å². The molecule has 2 rings (SSSR count). The van der Waals surface area contributed by atoms with Gasteiger partial charge in [-0.3, -0.25) is 0 Å². The van der Waals surface area contributed by atoms with E-state index in [9.17, 15) is 4.39 Å². The van der Waals surface area contributed by atoms with Crippen LogP contribution in [0.4, 0.5) is 4.39 Å². The highest BCUT2D eigenvalue weighted by molar-refractivity contribution is 7.98. The first-order valence-corrected chi connectivity index (χ1v) is 7.72. The fourth-order valence-electron chi connectivity index (χ4n) is 2.47. The standard InChI is InChI=1S/C14H20FNS/c1-17-10-3-2-9-16-14-8-7-11-12(14)5-4-6-13(11)15/h4-6,14,16H,2-3,7-10H2,1H3. The smallest absolute Gasteiger partial charge is 0.126 e. The van der Waals surface area contributed by atoms with Gasteiger partial charge in [-0.2, -0.15) is 11.8 Å². The van der Waals surface area contributed by atoms with Crippen molar-refractivity contribution in [3.05, 3.63) is 35.1 Å². The van der Waals surface area contributed by atoms with E-state index in [4.69, 9.17) is 0 Å². The van der Waals surface area contributed by atoms with Crippen LogP contribution in [0.1, 0.15) is 36.4 Å². The third-order valence-electron chi connectivity index (χ3n) is 3.38. The Hall–Kier alpha value is -0.540. The largest absolute Gasteiger partial charge is 0.310 e. The fourth-order valence-corrected chi connectivity index (χ4v) is 2.96. The highest BCUT2D eigenvalue weighted by Gasteiger charge is 2.23. The lowest BCUT2D eigenvalue weighted by molar-refractivity contribution is 0.518. The Kier molecular flexibility index (Phi) is 4.86. The Morgan fingerprint density at radius 3 is 3.12 bits per heavy atom. The van der Waals surface area contributed by atoms with Gasteiger partial charge in [0.25, 0.3) is 0 Å². The lowest BCUT2D eigenvalue weighted by atomic mass is 10.1. The molecule has 1 aromatic rings. The van der Waals surface area contributed by atoms with Crippen LogP contribution in [0.15, 0.2) is 18.2 Å². The summed E-state index contributed by atoms with van der Waals surface area (Å²) in [5, 5.41) is 3.55. The molecule has 1 unspecified atom stereocenters. The number of unbranched alkanes of at least 4 members (excludes halogenated alkanes) is 1. The van der Waals surface area contributed by atoms with Gasteiger partial charge in [-0.05, 0) is 61.4 Å². The number of nitrogens with one attached hydrogen (secondary N) is 1. The number of hydrogen-bond acceptors (Lipinski definition) is 2. The molecule has 3 heteroatoms. The number of hydrogen-bond donors (Lipinski definition) is 1. The number of halogens is 1. The molecule has 1 aromatic carbocycles. The van der Waals surface area contributed by atoms with E-state index < -0.39 is 0 Å². The zero-order valence-electron chi connectivity index (χ0n) is 10.3. The van der Waals surface area contributed by atoms with Crippen molar-refractivity contribution in [3.63, 3.8) is 0 Å². The first-order chi connectivity index (χ1) is 8.33. The van der Waals surface area contributed by atoms with Crippen molar-refractivity contribution in [1.82, 2.24) is 5.32 Å². The third kappa shape index (κ3) is 3.23. The Morgan fingerprint density at radius 1 is 1.41 bits per heavy atom. The topological polar surface area (TPSA) is 12.0 Å². The summed E-state index contributed by atoms with van der Waals surface area (Å²) in [6, 6.07) is 5.82. The number of thioether (sulfide) groups is 1. The van der Waals surface area contributed by atoms with Crippen molar-refractivity contribution in [3.8, 4) is 0 Å². The first-order valence-electron chi connectivity index (χ1n) is 6.32. The van der Waals surface area contributed by atoms with Crippen molar-refractivity contribution in [2.75, 3.05) is 18.6 Å². The van der Waals surface area contributed by atoms with Crippen molar-refractivity contribution in [2.24, 2.45) is 0 Å². The molecule has 17 heavy (non-hydrogen) atoms. The Bertz CT molecular complexity index is 367. The summed E-state index contributed by atoms with van der Waals surface area (Å²) in [7, 11) is 0. The molecule has 1 atom stereocenters. The molecular formula is C14H20FNS. The van der Waals surface area contributed by atoms with Crippen molar-refractivity contribution in [2.45, 2.75) is 31.7 Å². The molecule has 0 aromatic heterocycles. The van der Waals surface area contributed by atoms with Crippen LogP contribution in [0, 0.1) is 5.82 Å². The summed E-state index contributed by atoms with van der Waals surface area (Å²) in [5.74, 6) is 1.20. The SMILES string of the molecule is CSCCCCNC1CCc2c(F)cccc21. The normalized spacial score (nSPS) is 18.4. The molecule has 0 fully saturated rings. The average Bonchev–Trinajstić information content (AvgIpc) is 2.74. The second kappa shape index (κ2) is 6.41. The van der Waals surface area contributed by atoms with E-state index in [2.05, 4.69) is 17.6 Å². The van der Waals surface area contributed by atoms with Crippen molar-refractivity contribution in [1.29, 1.82) is 0 Å². The summed E-state index contributed by atoms with van der Waals surface area (Å²) in [6.07, 6.45) is 6.53. The maximum Gasteiger partial charge on any atom is 0.126 e. The number of fused-ring (bicyclic) bond motifs is 1. The molecule has 0 saturated heterocycles. The summed E-state index contributed by atoms with van der Waals surface area (Å²) >= 11 is 1.90. The monoisotopic (exact) mass is 253 g/mol. The van der Waals surface area contributed by atoms with Gasteiger partial charge in [-0.15, -0.1) is 0 Å². The maximum atomic E-state index is 13.5. The molecule has 0 aliphatic heterocycles. The molecule has 94 valence electrons. The predicted molar refractivity (Wildman–Crippen MR) is 73.1 cm³/mol. The minimum absolute atomic E-state index is 0.0332. The minimum Gasteiger partial charge on any atom is -0.310 e. The van der Waals surface area contributed by atoms with Crippen LogP contribution >= 0.6 is 11.8 Å². The van der Waals surface area contributed by atoms with Gasteiger partial charge in [0, 0.05) is 6.04 Å². The van der Waals surface area contributed by atoms with E-state index >= 15 is 0 Å². The summed E-state index contributed by atoms with van der Waals surface area (Å²) in [5.41, 5.74) is 2.10. The molecule has 1 aliphatic carbocycles. The van der Waals surface area contributed by atoms with E-state index in [-0.39, 0.29) is 5.82 Å². The van der Waals surface area contributed by atoms with E-state index in [1.807, 2.05) is 17.8 Å².